The van der Waals surface area contributed by atoms with Crippen molar-refractivity contribution < 1.29 is 28.8 Å². The predicted molar refractivity (Wildman–Crippen MR) is 156 cm³/mol. The first-order valence-electron chi connectivity index (χ1n) is 13.0. The Hall–Kier alpha value is -5.77. The third-order valence-corrected chi connectivity index (χ3v) is 6.62. The smallest absolute Gasteiger partial charge is 0.345 e. The molecule has 42 heavy (non-hydrogen) atoms. The number of amides is 1. The average Bonchev–Trinajstić information content (AvgIpc) is 3.28. The van der Waals surface area contributed by atoms with E-state index in [0.29, 0.717) is 16.6 Å². The molecular formula is C32H25N3O7. The summed E-state index contributed by atoms with van der Waals surface area (Å²) < 4.78 is 13.0. The van der Waals surface area contributed by atoms with Crippen LogP contribution in [0.25, 0.3) is 16.6 Å². The first-order valence-corrected chi connectivity index (χ1v) is 13.0. The number of nitrogens with one attached hydrogen (secondary N) is 1. The van der Waals surface area contributed by atoms with Crippen LogP contribution in [-0.2, 0) is 4.74 Å². The first kappa shape index (κ1) is 27.8. The van der Waals surface area contributed by atoms with E-state index in [2.05, 4.69) is 5.32 Å². The summed E-state index contributed by atoms with van der Waals surface area (Å²) in [6.45, 7) is 3.76. The number of hydrogen-bond acceptors (Lipinski definition) is 7. The Morgan fingerprint density at radius 3 is 2.26 bits per heavy atom. The van der Waals surface area contributed by atoms with Gasteiger partial charge in [0.05, 0.1) is 33.9 Å². The molecule has 10 heteroatoms. The van der Waals surface area contributed by atoms with E-state index >= 15 is 0 Å². The number of rotatable bonds is 8. The molecule has 1 amide bonds. The molecule has 0 aliphatic rings. The van der Waals surface area contributed by atoms with Gasteiger partial charge in [0.1, 0.15) is 5.75 Å². The van der Waals surface area contributed by atoms with Crippen LogP contribution in [-0.4, -0.2) is 33.9 Å². The molecule has 1 heterocycles. The Morgan fingerprint density at radius 2 is 1.57 bits per heavy atom. The molecule has 210 valence electrons. The van der Waals surface area contributed by atoms with Crippen molar-refractivity contribution in [2.24, 2.45) is 0 Å². The van der Waals surface area contributed by atoms with Crippen molar-refractivity contribution in [2.75, 3.05) is 11.9 Å². The van der Waals surface area contributed by atoms with Gasteiger partial charge in [-0.05, 0) is 68.4 Å². The molecule has 0 atom stereocenters. The Bertz CT molecular complexity index is 1830. The van der Waals surface area contributed by atoms with Crippen LogP contribution >= 0.6 is 0 Å². The van der Waals surface area contributed by atoms with Crippen LogP contribution in [0.3, 0.4) is 0 Å². The number of ether oxygens (including phenoxy) is 2. The normalized spacial score (nSPS) is 10.7. The second-order valence-electron chi connectivity index (χ2n) is 9.22. The summed E-state index contributed by atoms with van der Waals surface area (Å²) in [5.41, 5.74) is 2.96. The van der Waals surface area contributed by atoms with Gasteiger partial charge in [0, 0.05) is 34.5 Å². The predicted octanol–water partition coefficient (Wildman–Crippen LogP) is 6.50. The number of aromatic nitrogens is 1. The van der Waals surface area contributed by atoms with Gasteiger partial charge in [-0.3, -0.25) is 14.9 Å². The number of anilines is 1. The van der Waals surface area contributed by atoms with Gasteiger partial charge in [-0.2, -0.15) is 0 Å². The molecule has 4 aromatic carbocycles. The summed E-state index contributed by atoms with van der Waals surface area (Å²) in [5.74, 6) is -1.58. The number of nitrogens with zero attached hydrogens (tertiary/aromatic N) is 2. The first-order chi connectivity index (χ1) is 20.3. The van der Waals surface area contributed by atoms with Crippen molar-refractivity contribution >= 4 is 40.1 Å². The number of non-ortho nitro benzene ring substituents is 1. The van der Waals surface area contributed by atoms with E-state index in [-0.39, 0.29) is 34.9 Å². The van der Waals surface area contributed by atoms with Crippen LogP contribution in [0.4, 0.5) is 11.4 Å². The Balaban J connectivity index is 1.45. The van der Waals surface area contributed by atoms with Gasteiger partial charge < -0.3 is 19.4 Å². The summed E-state index contributed by atoms with van der Waals surface area (Å²) >= 11 is 0. The topological polar surface area (TPSA) is 130 Å². The molecule has 0 saturated carbocycles. The lowest BCUT2D eigenvalue weighted by Crippen LogP contribution is -2.17. The maximum Gasteiger partial charge on any atom is 0.345 e. The van der Waals surface area contributed by atoms with E-state index in [4.69, 9.17) is 9.47 Å². The summed E-state index contributed by atoms with van der Waals surface area (Å²) in [4.78, 5) is 49.4. The van der Waals surface area contributed by atoms with E-state index in [9.17, 15) is 24.5 Å². The molecule has 5 rings (SSSR count). The Kier molecular flexibility index (Phi) is 7.78. The second-order valence-corrected chi connectivity index (χ2v) is 9.22. The van der Waals surface area contributed by atoms with Gasteiger partial charge >= 0.3 is 11.9 Å². The lowest BCUT2D eigenvalue weighted by atomic mass is 10.1. The number of nitro groups is 1. The largest absolute Gasteiger partial charge is 0.462 e. The zero-order valence-electron chi connectivity index (χ0n) is 22.7. The van der Waals surface area contributed by atoms with Crippen molar-refractivity contribution in [2.45, 2.75) is 13.8 Å². The van der Waals surface area contributed by atoms with Gasteiger partial charge in [0.2, 0.25) is 0 Å². The minimum absolute atomic E-state index is 0.0940. The van der Waals surface area contributed by atoms with Crippen molar-refractivity contribution in [3.8, 4) is 11.4 Å². The van der Waals surface area contributed by atoms with E-state index in [1.165, 1.54) is 30.3 Å². The lowest BCUT2D eigenvalue weighted by molar-refractivity contribution is -0.384. The lowest BCUT2D eigenvalue weighted by Gasteiger charge is -2.11. The number of hydrogen-bond donors (Lipinski definition) is 1. The highest BCUT2D eigenvalue weighted by molar-refractivity contribution is 6.09. The summed E-state index contributed by atoms with van der Waals surface area (Å²) in [6, 6.07) is 26.0. The van der Waals surface area contributed by atoms with Crippen LogP contribution in [0, 0.1) is 17.0 Å². The highest BCUT2D eigenvalue weighted by Crippen LogP contribution is 2.33. The maximum atomic E-state index is 13.3. The molecule has 0 saturated heterocycles. The molecule has 1 N–H and O–H groups in total. The number of carbonyl (C=O) groups excluding carboxylic acids is 3. The van der Waals surface area contributed by atoms with E-state index < -0.39 is 22.8 Å². The van der Waals surface area contributed by atoms with Crippen LogP contribution in [0.2, 0.25) is 0 Å². The fourth-order valence-electron chi connectivity index (χ4n) is 4.69. The minimum Gasteiger partial charge on any atom is -0.462 e. The summed E-state index contributed by atoms with van der Waals surface area (Å²) in [7, 11) is 0. The van der Waals surface area contributed by atoms with Gasteiger partial charge in [0.15, 0.2) is 0 Å². The molecule has 10 nitrogen and oxygen atoms in total. The fourth-order valence-corrected chi connectivity index (χ4v) is 4.69. The highest BCUT2D eigenvalue weighted by Gasteiger charge is 2.23. The number of carbonyl (C=O) groups is 3. The van der Waals surface area contributed by atoms with Crippen molar-refractivity contribution in [1.82, 2.24) is 4.57 Å². The zero-order valence-corrected chi connectivity index (χ0v) is 22.7. The second kappa shape index (κ2) is 11.8. The van der Waals surface area contributed by atoms with Gasteiger partial charge in [-0.25, -0.2) is 9.59 Å². The van der Waals surface area contributed by atoms with Gasteiger partial charge in [-0.1, -0.05) is 30.3 Å². The average molecular weight is 564 g/mol. The monoisotopic (exact) mass is 563 g/mol. The van der Waals surface area contributed by atoms with Crippen LogP contribution in [0.1, 0.15) is 43.7 Å². The molecule has 1 aromatic heterocycles. The maximum absolute atomic E-state index is 13.3. The number of fused-ring (bicyclic) bond motifs is 1. The zero-order chi connectivity index (χ0) is 29.8. The highest BCUT2D eigenvalue weighted by atomic mass is 16.6. The molecule has 0 spiro atoms. The fraction of sp³-hybridized carbons (Fsp3) is 0.0938. The Morgan fingerprint density at radius 1 is 0.881 bits per heavy atom. The Labute approximate surface area is 240 Å². The number of esters is 2. The van der Waals surface area contributed by atoms with E-state index in [1.54, 1.807) is 43.3 Å². The molecular weight excluding hydrogens is 538 g/mol. The van der Waals surface area contributed by atoms with Crippen LogP contribution in [0.15, 0.2) is 97.1 Å². The quantitative estimate of drug-likeness (QED) is 0.0988. The number of benzene rings is 4. The van der Waals surface area contributed by atoms with Crippen molar-refractivity contribution in [3.63, 3.8) is 0 Å². The molecule has 0 bridgehead atoms. The number of para-hydroxylation sites is 2. The van der Waals surface area contributed by atoms with Gasteiger partial charge in [-0.15, -0.1) is 0 Å². The molecule has 0 aliphatic heterocycles. The third kappa shape index (κ3) is 5.46. The van der Waals surface area contributed by atoms with Crippen LogP contribution in [0.5, 0.6) is 5.75 Å². The van der Waals surface area contributed by atoms with Gasteiger partial charge in [0.25, 0.3) is 11.6 Å². The van der Waals surface area contributed by atoms with Crippen LogP contribution < -0.4 is 10.1 Å². The molecule has 0 fully saturated rings. The summed E-state index contributed by atoms with van der Waals surface area (Å²) in [6.07, 6.45) is 0. The minimum atomic E-state index is -0.731. The van der Waals surface area contributed by atoms with Crippen molar-refractivity contribution in [1.29, 1.82) is 0 Å². The number of nitro benzene ring substituents is 1. The van der Waals surface area contributed by atoms with E-state index in [0.717, 1.165) is 11.2 Å². The van der Waals surface area contributed by atoms with Crippen molar-refractivity contribution in [3.05, 3.63) is 130 Å². The molecule has 0 aliphatic carbocycles. The summed E-state index contributed by atoms with van der Waals surface area (Å²) in [5, 5.41) is 14.1. The third-order valence-electron chi connectivity index (χ3n) is 6.62. The molecule has 0 unspecified atom stereocenters. The standard InChI is InChI=1S/C32H25N3O7/c1-3-41-32(38)29-20(2)34(22-9-5-4-6-10-22)28-18-17-24(19-26(28)29)42-31(37)25-11-7-8-12-27(25)33-30(36)21-13-15-23(16-14-21)35(39)40/h4-19H,3H2,1-2H3,(H,33,36). The molecule has 0 radical (unpaired) electrons. The van der Waals surface area contributed by atoms with E-state index in [1.807, 2.05) is 41.8 Å². The molecule has 5 aromatic rings. The SMILES string of the molecule is CCOC(=O)c1c(C)n(-c2ccccc2)c2ccc(OC(=O)c3ccccc3NC(=O)c3ccc([N+](=O)[O-])cc3)cc12.